The van der Waals surface area contributed by atoms with E-state index >= 15 is 0 Å². The molecular weight excluding hydrogens is 258 g/mol. The lowest BCUT2D eigenvalue weighted by molar-refractivity contribution is -0.0926. The molecule has 0 aliphatic heterocycles. The quantitative estimate of drug-likeness (QED) is 0.761. The third-order valence-electron chi connectivity index (χ3n) is 6.24. The Hall–Kier alpha value is -0.0800. The van der Waals surface area contributed by atoms with Crippen molar-refractivity contribution in [2.45, 2.75) is 90.2 Å². The first-order valence-corrected chi connectivity index (χ1v) is 9.40. The lowest BCUT2D eigenvalue weighted by Gasteiger charge is -2.48. The summed E-state index contributed by atoms with van der Waals surface area (Å²) in [6.45, 7) is 8.22. The zero-order valence-corrected chi connectivity index (χ0v) is 14.8. The maximum atomic E-state index is 6.20. The fourth-order valence-electron chi connectivity index (χ4n) is 4.59. The summed E-state index contributed by atoms with van der Waals surface area (Å²) < 4.78 is 6.20. The molecule has 2 aliphatic rings. The molecule has 2 aliphatic carbocycles. The Morgan fingerprint density at radius 2 is 1.57 bits per heavy atom. The van der Waals surface area contributed by atoms with Gasteiger partial charge >= 0.3 is 0 Å². The van der Waals surface area contributed by atoms with E-state index < -0.39 is 0 Å². The van der Waals surface area contributed by atoms with Crippen molar-refractivity contribution in [2.24, 2.45) is 17.8 Å². The Morgan fingerprint density at radius 1 is 1.00 bits per heavy atom. The van der Waals surface area contributed by atoms with Crippen LogP contribution < -0.4 is 5.32 Å². The third-order valence-corrected chi connectivity index (χ3v) is 6.24. The normalized spacial score (nSPS) is 39.1. The topological polar surface area (TPSA) is 21.3 Å². The van der Waals surface area contributed by atoms with Gasteiger partial charge in [0.05, 0.1) is 5.60 Å². The number of hydrogen-bond acceptors (Lipinski definition) is 2. The zero-order valence-electron chi connectivity index (χ0n) is 14.8. The van der Waals surface area contributed by atoms with E-state index in [1.165, 1.54) is 57.8 Å². The summed E-state index contributed by atoms with van der Waals surface area (Å²) in [6, 6.07) is 0.572. The van der Waals surface area contributed by atoms with Crippen LogP contribution >= 0.6 is 0 Å². The van der Waals surface area contributed by atoms with Gasteiger partial charge in [-0.2, -0.15) is 0 Å². The average Bonchev–Trinajstić information content (AvgIpc) is 2.51. The Bertz CT molecular complexity index is 288. The minimum Gasteiger partial charge on any atom is -0.377 e. The largest absolute Gasteiger partial charge is 0.377 e. The summed E-state index contributed by atoms with van der Waals surface area (Å²) in [5.74, 6) is 2.63. The number of ether oxygens (including phenoxy) is 1. The predicted octanol–water partition coefficient (Wildman–Crippen LogP) is 4.78. The number of rotatable bonds is 6. The standard InChI is InChI=1S/C19H37NO/c1-5-14-20-18(17-8-6-15(2)7-9-17)19(21-4)12-10-16(3)11-13-19/h15-18,20H,5-14H2,1-4H3. The fourth-order valence-corrected chi connectivity index (χ4v) is 4.59. The Morgan fingerprint density at radius 3 is 2.10 bits per heavy atom. The molecule has 0 aromatic heterocycles. The van der Waals surface area contributed by atoms with E-state index in [-0.39, 0.29) is 5.60 Å². The second kappa shape index (κ2) is 7.97. The second-order valence-corrected chi connectivity index (χ2v) is 7.90. The van der Waals surface area contributed by atoms with Crippen LogP contribution in [0, 0.1) is 17.8 Å². The number of hydrogen-bond donors (Lipinski definition) is 1. The smallest absolute Gasteiger partial charge is 0.0833 e. The van der Waals surface area contributed by atoms with E-state index in [1.54, 1.807) is 0 Å². The molecule has 0 spiro atoms. The monoisotopic (exact) mass is 295 g/mol. The summed E-state index contributed by atoms with van der Waals surface area (Å²) in [5, 5.41) is 3.91. The Labute approximate surface area is 132 Å². The van der Waals surface area contributed by atoms with Gasteiger partial charge in [0.1, 0.15) is 0 Å². The number of methoxy groups -OCH3 is 1. The molecule has 0 amide bonds. The highest BCUT2D eigenvalue weighted by atomic mass is 16.5. The minimum absolute atomic E-state index is 0.104. The first kappa shape index (κ1) is 17.3. The van der Waals surface area contributed by atoms with Crippen LogP contribution in [0.5, 0.6) is 0 Å². The molecule has 0 aromatic carbocycles. The molecule has 2 saturated carbocycles. The molecular formula is C19H37NO. The molecule has 124 valence electrons. The van der Waals surface area contributed by atoms with Gasteiger partial charge in [-0.1, -0.05) is 33.6 Å². The molecule has 0 bridgehead atoms. The van der Waals surface area contributed by atoms with Crippen LogP contribution in [0.1, 0.15) is 78.6 Å². The summed E-state index contributed by atoms with van der Waals surface area (Å²) >= 11 is 0. The summed E-state index contributed by atoms with van der Waals surface area (Å²) in [4.78, 5) is 0. The van der Waals surface area contributed by atoms with Gasteiger partial charge in [-0.25, -0.2) is 0 Å². The summed E-state index contributed by atoms with van der Waals surface area (Å²) in [6.07, 6.45) is 12.0. The highest BCUT2D eigenvalue weighted by Gasteiger charge is 2.45. The Balaban J connectivity index is 2.09. The van der Waals surface area contributed by atoms with E-state index in [0.717, 1.165) is 24.3 Å². The molecule has 0 saturated heterocycles. The van der Waals surface area contributed by atoms with E-state index in [1.807, 2.05) is 7.11 Å². The molecule has 1 unspecified atom stereocenters. The first-order chi connectivity index (χ1) is 10.1. The maximum absolute atomic E-state index is 6.20. The van der Waals surface area contributed by atoms with Crippen LogP contribution in [0.2, 0.25) is 0 Å². The zero-order chi connectivity index (χ0) is 15.3. The van der Waals surface area contributed by atoms with Crippen LogP contribution in [0.4, 0.5) is 0 Å². The average molecular weight is 296 g/mol. The molecule has 0 radical (unpaired) electrons. The van der Waals surface area contributed by atoms with Crippen LogP contribution in [-0.2, 0) is 4.74 Å². The SMILES string of the molecule is CCCNC(C1CCC(C)CC1)C1(OC)CCC(C)CC1. The van der Waals surface area contributed by atoms with Crippen molar-refractivity contribution in [1.82, 2.24) is 5.32 Å². The van der Waals surface area contributed by atoms with Gasteiger partial charge in [-0.05, 0) is 69.2 Å². The van der Waals surface area contributed by atoms with Gasteiger partial charge in [-0.15, -0.1) is 0 Å². The van der Waals surface area contributed by atoms with Gasteiger partial charge in [0, 0.05) is 13.2 Å². The van der Waals surface area contributed by atoms with Gasteiger partial charge in [-0.3, -0.25) is 0 Å². The van der Waals surface area contributed by atoms with Crippen molar-refractivity contribution >= 4 is 0 Å². The lowest BCUT2D eigenvalue weighted by atomic mass is 9.68. The van der Waals surface area contributed by atoms with Gasteiger partial charge in [0.2, 0.25) is 0 Å². The molecule has 21 heavy (non-hydrogen) atoms. The third kappa shape index (κ3) is 4.22. The van der Waals surface area contributed by atoms with E-state index in [9.17, 15) is 0 Å². The minimum atomic E-state index is 0.104. The molecule has 2 heteroatoms. The molecule has 2 rings (SSSR count). The van der Waals surface area contributed by atoms with Crippen molar-refractivity contribution < 1.29 is 4.74 Å². The molecule has 2 fully saturated rings. The summed E-state index contributed by atoms with van der Waals surface area (Å²) in [7, 11) is 1.96. The highest BCUT2D eigenvalue weighted by Crippen LogP contribution is 2.42. The molecule has 1 N–H and O–H groups in total. The van der Waals surface area contributed by atoms with Crippen molar-refractivity contribution in [3.63, 3.8) is 0 Å². The number of nitrogens with one attached hydrogen (secondary N) is 1. The molecule has 1 atom stereocenters. The fraction of sp³-hybridized carbons (Fsp3) is 1.00. The van der Waals surface area contributed by atoms with Crippen LogP contribution in [0.3, 0.4) is 0 Å². The van der Waals surface area contributed by atoms with Crippen molar-refractivity contribution in [3.8, 4) is 0 Å². The van der Waals surface area contributed by atoms with Gasteiger partial charge in [0.25, 0.3) is 0 Å². The Kier molecular flexibility index (Phi) is 6.55. The molecule has 2 nitrogen and oxygen atoms in total. The van der Waals surface area contributed by atoms with E-state index in [4.69, 9.17) is 4.74 Å². The maximum Gasteiger partial charge on any atom is 0.0833 e. The lowest BCUT2D eigenvalue weighted by Crippen LogP contribution is -2.58. The highest BCUT2D eigenvalue weighted by molar-refractivity contribution is 5.00. The van der Waals surface area contributed by atoms with Crippen molar-refractivity contribution in [2.75, 3.05) is 13.7 Å². The van der Waals surface area contributed by atoms with E-state index in [2.05, 4.69) is 26.1 Å². The van der Waals surface area contributed by atoms with Crippen LogP contribution in [0.25, 0.3) is 0 Å². The van der Waals surface area contributed by atoms with Crippen molar-refractivity contribution in [3.05, 3.63) is 0 Å². The predicted molar refractivity (Wildman–Crippen MR) is 90.6 cm³/mol. The molecule has 0 heterocycles. The van der Waals surface area contributed by atoms with Gasteiger partial charge in [0.15, 0.2) is 0 Å². The first-order valence-electron chi connectivity index (χ1n) is 9.40. The van der Waals surface area contributed by atoms with Crippen molar-refractivity contribution in [1.29, 1.82) is 0 Å². The van der Waals surface area contributed by atoms with Crippen LogP contribution in [-0.4, -0.2) is 25.3 Å². The summed E-state index contributed by atoms with van der Waals surface area (Å²) in [5.41, 5.74) is 0.104. The molecule has 0 aromatic rings. The van der Waals surface area contributed by atoms with Crippen LogP contribution in [0.15, 0.2) is 0 Å². The second-order valence-electron chi connectivity index (χ2n) is 7.90. The van der Waals surface area contributed by atoms with E-state index in [0.29, 0.717) is 6.04 Å². The van der Waals surface area contributed by atoms with Gasteiger partial charge < -0.3 is 10.1 Å².